The second-order valence-corrected chi connectivity index (χ2v) is 7.35. The van der Waals surface area contributed by atoms with Crippen LogP contribution in [0.4, 0.5) is 5.82 Å². The number of halogens is 1. The Labute approximate surface area is 121 Å². The first-order valence-corrected chi connectivity index (χ1v) is 8.15. The lowest BCUT2D eigenvalue weighted by atomic mass is 10.2. The molecule has 4 N–H and O–H groups in total. The van der Waals surface area contributed by atoms with E-state index in [1.807, 2.05) is 0 Å². The number of amides is 1. The van der Waals surface area contributed by atoms with Gasteiger partial charge in [0.05, 0.1) is 21.6 Å². The van der Waals surface area contributed by atoms with Gasteiger partial charge in [-0.15, -0.1) is 0 Å². The van der Waals surface area contributed by atoms with Gasteiger partial charge in [0.2, 0.25) is 0 Å². The molecule has 0 spiro atoms. The number of hydrogen-bond donors (Lipinski definition) is 3. The summed E-state index contributed by atoms with van der Waals surface area (Å²) in [6, 6.07) is 1.42. The molecule has 0 aromatic carbocycles. The molecule has 0 bridgehead atoms. The smallest absolute Gasteiger partial charge is 0.252 e. The van der Waals surface area contributed by atoms with Gasteiger partial charge >= 0.3 is 0 Å². The number of hydrazine groups is 1. The molecule has 1 unspecified atom stereocenters. The molecular weight excluding hydrogens is 304 g/mol. The van der Waals surface area contributed by atoms with Crippen molar-refractivity contribution < 1.29 is 13.2 Å². The van der Waals surface area contributed by atoms with E-state index in [1.54, 1.807) is 0 Å². The van der Waals surface area contributed by atoms with E-state index in [1.165, 1.54) is 12.3 Å². The summed E-state index contributed by atoms with van der Waals surface area (Å²) < 4.78 is 23.3. The maximum Gasteiger partial charge on any atom is 0.252 e. The largest absolute Gasteiger partial charge is 0.351 e. The number of sulfone groups is 1. The zero-order chi connectivity index (χ0) is 14.8. The van der Waals surface area contributed by atoms with Crippen LogP contribution >= 0.6 is 11.6 Å². The molecule has 0 radical (unpaired) electrons. The summed E-state index contributed by atoms with van der Waals surface area (Å²) in [6.45, 7) is 0.107. The summed E-state index contributed by atoms with van der Waals surface area (Å²) in [6.07, 6.45) is 2.55. The highest BCUT2D eigenvalue weighted by Gasteiger charge is 2.31. The maximum absolute atomic E-state index is 11.9. The second kappa shape index (κ2) is 5.94. The van der Waals surface area contributed by atoms with Gasteiger partial charge in [-0.05, 0) is 18.9 Å². The van der Waals surface area contributed by atoms with Crippen LogP contribution in [-0.4, -0.2) is 36.9 Å². The van der Waals surface area contributed by atoms with Gasteiger partial charge in [-0.25, -0.2) is 19.2 Å². The standard InChI is InChI=1S/C11H15ClN4O3S/c12-9-4-7(5-14-10(9)16-13)11(17)15-6-8-2-1-3-20(8,18)19/h4-5,8H,1-3,6,13H2,(H,14,16)(H,15,17). The highest BCUT2D eigenvalue weighted by atomic mass is 35.5. The number of nitrogens with two attached hydrogens (primary N) is 1. The van der Waals surface area contributed by atoms with Gasteiger partial charge in [0.15, 0.2) is 15.7 Å². The average molecular weight is 319 g/mol. The molecule has 110 valence electrons. The normalized spacial score (nSPS) is 20.6. The van der Waals surface area contributed by atoms with Crippen molar-refractivity contribution in [2.24, 2.45) is 5.84 Å². The SMILES string of the molecule is NNc1ncc(C(=O)NCC2CCCS2(=O)=O)cc1Cl. The lowest BCUT2D eigenvalue weighted by molar-refractivity contribution is 0.0953. The molecule has 1 atom stereocenters. The molecule has 1 aliphatic rings. The fourth-order valence-corrected chi connectivity index (χ4v) is 4.05. The van der Waals surface area contributed by atoms with Crippen LogP contribution in [0.5, 0.6) is 0 Å². The monoisotopic (exact) mass is 318 g/mol. The third-order valence-electron chi connectivity index (χ3n) is 3.19. The Morgan fingerprint density at radius 1 is 1.55 bits per heavy atom. The van der Waals surface area contributed by atoms with Crippen molar-refractivity contribution in [2.75, 3.05) is 17.7 Å². The van der Waals surface area contributed by atoms with Crippen molar-refractivity contribution in [2.45, 2.75) is 18.1 Å². The number of nitrogen functional groups attached to an aromatic ring is 1. The van der Waals surface area contributed by atoms with Gasteiger partial charge in [-0.2, -0.15) is 0 Å². The highest BCUT2D eigenvalue weighted by Crippen LogP contribution is 2.20. The Morgan fingerprint density at radius 2 is 2.30 bits per heavy atom. The number of rotatable bonds is 4. The van der Waals surface area contributed by atoms with Gasteiger partial charge in [0.1, 0.15) is 0 Å². The first-order valence-electron chi connectivity index (χ1n) is 6.06. The molecule has 2 heterocycles. The number of pyridine rings is 1. The van der Waals surface area contributed by atoms with Crippen LogP contribution in [0.25, 0.3) is 0 Å². The molecule has 1 fully saturated rings. The fourth-order valence-electron chi connectivity index (χ4n) is 2.06. The number of hydrogen-bond acceptors (Lipinski definition) is 6. The number of nitrogens with one attached hydrogen (secondary N) is 2. The first-order chi connectivity index (χ1) is 9.44. The van der Waals surface area contributed by atoms with Crippen LogP contribution in [0, 0.1) is 0 Å². The van der Waals surface area contributed by atoms with Crippen molar-refractivity contribution in [3.8, 4) is 0 Å². The summed E-state index contributed by atoms with van der Waals surface area (Å²) in [5.41, 5.74) is 2.55. The molecular formula is C11H15ClN4O3S. The van der Waals surface area contributed by atoms with Gasteiger partial charge < -0.3 is 10.7 Å². The fraction of sp³-hybridized carbons (Fsp3) is 0.455. The van der Waals surface area contributed by atoms with Gasteiger partial charge in [-0.3, -0.25) is 4.79 Å². The Bertz CT molecular complexity index is 620. The van der Waals surface area contributed by atoms with Crippen molar-refractivity contribution >= 4 is 33.2 Å². The predicted octanol–water partition coefficient (Wildman–Crippen LogP) is 0.328. The van der Waals surface area contributed by atoms with E-state index in [-0.39, 0.29) is 28.7 Å². The van der Waals surface area contributed by atoms with Crippen molar-refractivity contribution in [3.05, 3.63) is 22.8 Å². The van der Waals surface area contributed by atoms with Gasteiger partial charge in [0, 0.05) is 12.7 Å². The van der Waals surface area contributed by atoms with E-state index >= 15 is 0 Å². The summed E-state index contributed by atoms with van der Waals surface area (Å²) in [5.74, 6) is 5.23. The van der Waals surface area contributed by atoms with Crippen LogP contribution in [0.3, 0.4) is 0 Å². The zero-order valence-corrected chi connectivity index (χ0v) is 12.2. The van der Waals surface area contributed by atoms with Crippen LogP contribution in [0.1, 0.15) is 23.2 Å². The van der Waals surface area contributed by atoms with Crippen molar-refractivity contribution in [1.29, 1.82) is 0 Å². The molecule has 1 amide bonds. The van der Waals surface area contributed by atoms with Crippen molar-refractivity contribution in [3.63, 3.8) is 0 Å². The van der Waals surface area contributed by atoms with Crippen molar-refractivity contribution in [1.82, 2.24) is 10.3 Å². The lowest BCUT2D eigenvalue weighted by Crippen LogP contribution is -2.34. The zero-order valence-electron chi connectivity index (χ0n) is 10.6. The molecule has 0 aliphatic carbocycles. The Morgan fingerprint density at radius 3 is 2.85 bits per heavy atom. The minimum absolute atomic E-state index is 0.107. The number of carbonyl (C=O) groups excluding carboxylic acids is 1. The summed E-state index contributed by atoms with van der Waals surface area (Å²) in [5, 5.41) is 2.31. The predicted molar refractivity (Wildman–Crippen MR) is 76.2 cm³/mol. The molecule has 9 heteroatoms. The van der Waals surface area contributed by atoms with Gasteiger partial charge in [0.25, 0.3) is 5.91 Å². The summed E-state index contributed by atoms with van der Waals surface area (Å²) in [4.78, 5) is 15.8. The van der Waals surface area contributed by atoms with E-state index < -0.39 is 21.0 Å². The molecule has 2 rings (SSSR count). The van der Waals surface area contributed by atoms with E-state index in [2.05, 4.69) is 15.7 Å². The minimum Gasteiger partial charge on any atom is -0.351 e. The molecule has 1 aromatic heterocycles. The summed E-state index contributed by atoms with van der Waals surface area (Å²) in [7, 11) is -3.07. The third kappa shape index (κ3) is 3.20. The molecule has 1 saturated heterocycles. The number of anilines is 1. The number of nitrogens with zero attached hydrogens (tertiary/aromatic N) is 1. The van der Waals surface area contributed by atoms with Crippen LogP contribution in [-0.2, 0) is 9.84 Å². The quantitative estimate of drug-likeness (QED) is 0.544. The van der Waals surface area contributed by atoms with Gasteiger partial charge in [-0.1, -0.05) is 11.6 Å². The first kappa shape index (κ1) is 15.0. The third-order valence-corrected chi connectivity index (χ3v) is 5.76. The second-order valence-electron chi connectivity index (χ2n) is 4.54. The Kier molecular flexibility index (Phi) is 4.46. The molecule has 1 aromatic rings. The maximum atomic E-state index is 11.9. The van der Waals surface area contributed by atoms with Crippen LogP contribution in [0.2, 0.25) is 5.02 Å². The average Bonchev–Trinajstić information content (AvgIpc) is 2.74. The molecule has 0 saturated carbocycles. The highest BCUT2D eigenvalue weighted by molar-refractivity contribution is 7.92. The molecule has 20 heavy (non-hydrogen) atoms. The van der Waals surface area contributed by atoms with E-state index in [0.717, 1.165) is 0 Å². The molecule has 7 nitrogen and oxygen atoms in total. The number of aromatic nitrogens is 1. The van der Waals surface area contributed by atoms with Crippen LogP contribution < -0.4 is 16.6 Å². The summed E-state index contributed by atoms with van der Waals surface area (Å²) >= 11 is 5.87. The van der Waals surface area contributed by atoms with E-state index in [0.29, 0.717) is 12.8 Å². The topological polar surface area (TPSA) is 114 Å². The lowest BCUT2D eigenvalue weighted by Gasteiger charge is -2.11. The molecule has 1 aliphatic heterocycles. The number of carbonyl (C=O) groups is 1. The Hall–Kier alpha value is -1.38. The van der Waals surface area contributed by atoms with E-state index in [9.17, 15) is 13.2 Å². The Balaban J connectivity index is 2.00. The van der Waals surface area contributed by atoms with Crippen LogP contribution in [0.15, 0.2) is 12.3 Å². The minimum atomic E-state index is -3.07. The van der Waals surface area contributed by atoms with E-state index in [4.69, 9.17) is 17.4 Å².